The molecule has 3 aromatic carbocycles. The van der Waals surface area contributed by atoms with Crippen molar-refractivity contribution in [2.45, 2.75) is 0 Å². The SMILES string of the molecule is O=C(N/N=C/c1cccc(O)c1)c1ccc(-c2cc(=O)c3ccccc3o2)cc1. The average molecular weight is 384 g/mol. The molecule has 6 nitrogen and oxygen atoms in total. The van der Waals surface area contributed by atoms with E-state index in [4.69, 9.17) is 4.42 Å². The predicted octanol–water partition coefficient (Wildman–Crippen LogP) is 3.93. The van der Waals surface area contributed by atoms with Gasteiger partial charge in [-0.15, -0.1) is 0 Å². The first-order chi connectivity index (χ1) is 14.1. The van der Waals surface area contributed by atoms with E-state index in [0.29, 0.717) is 33.4 Å². The van der Waals surface area contributed by atoms with Gasteiger partial charge in [0, 0.05) is 17.2 Å². The summed E-state index contributed by atoms with van der Waals surface area (Å²) < 4.78 is 5.81. The standard InChI is InChI=1S/C23H16N2O4/c26-18-5-3-4-15(12-18)14-24-25-23(28)17-10-8-16(9-11-17)22-13-20(27)19-6-1-2-7-21(19)29-22/h1-14,26H,(H,25,28)/b24-14+. The molecule has 0 aliphatic rings. The molecule has 0 bridgehead atoms. The van der Waals surface area contributed by atoms with Gasteiger partial charge in [0.1, 0.15) is 17.1 Å². The Bertz CT molecular complexity index is 1270. The van der Waals surface area contributed by atoms with Crippen molar-refractivity contribution in [2.24, 2.45) is 5.10 Å². The largest absolute Gasteiger partial charge is 0.508 e. The van der Waals surface area contributed by atoms with Gasteiger partial charge in [-0.2, -0.15) is 5.10 Å². The molecule has 0 fully saturated rings. The first-order valence-electron chi connectivity index (χ1n) is 8.86. The third-order valence-electron chi connectivity index (χ3n) is 4.32. The molecule has 1 amide bonds. The van der Waals surface area contributed by atoms with Crippen LogP contribution in [0.3, 0.4) is 0 Å². The van der Waals surface area contributed by atoms with Crippen molar-refractivity contribution in [3.63, 3.8) is 0 Å². The molecule has 0 atom stereocenters. The Labute approximate surface area is 165 Å². The third kappa shape index (κ3) is 4.06. The molecule has 1 heterocycles. The number of hydrogen-bond acceptors (Lipinski definition) is 5. The zero-order valence-corrected chi connectivity index (χ0v) is 15.2. The minimum atomic E-state index is -0.382. The van der Waals surface area contributed by atoms with Gasteiger partial charge in [-0.25, -0.2) is 5.43 Å². The molecule has 0 saturated heterocycles. The van der Waals surface area contributed by atoms with Gasteiger partial charge in [0.15, 0.2) is 5.43 Å². The number of carbonyl (C=O) groups excluding carboxylic acids is 1. The van der Waals surface area contributed by atoms with Crippen molar-refractivity contribution in [3.8, 4) is 17.1 Å². The average Bonchev–Trinajstić information content (AvgIpc) is 2.74. The maximum absolute atomic E-state index is 12.2. The van der Waals surface area contributed by atoms with Crippen LogP contribution >= 0.6 is 0 Å². The van der Waals surface area contributed by atoms with Gasteiger partial charge < -0.3 is 9.52 Å². The first-order valence-corrected chi connectivity index (χ1v) is 8.86. The molecule has 0 saturated carbocycles. The Balaban J connectivity index is 1.50. The number of carbonyl (C=O) groups is 1. The van der Waals surface area contributed by atoms with E-state index in [1.807, 2.05) is 0 Å². The van der Waals surface area contributed by atoms with E-state index in [1.165, 1.54) is 18.3 Å². The van der Waals surface area contributed by atoms with Crippen LogP contribution in [0.15, 0.2) is 93.2 Å². The topological polar surface area (TPSA) is 91.9 Å². The highest BCUT2D eigenvalue weighted by atomic mass is 16.3. The lowest BCUT2D eigenvalue weighted by Crippen LogP contribution is -2.17. The highest BCUT2D eigenvalue weighted by molar-refractivity contribution is 5.95. The highest BCUT2D eigenvalue weighted by Crippen LogP contribution is 2.22. The van der Waals surface area contributed by atoms with Crippen molar-refractivity contribution < 1.29 is 14.3 Å². The van der Waals surface area contributed by atoms with Gasteiger partial charge in [-0.1, -0.05) is 36.4 Å². The minimum Gasteiger partial charge on any atom is -0.508 e. The number of aromatic hydroxyl groups is 1. The van der Waals surface area contributed by atoms with E-state index < -0.39 is 0 Å². The minimum absolute atomic E-state index is 0.120. The molecule has 0 aliphatic carbocycles. The number of benzene rings is 3. The van der Waals surface area contributed by atoms with Gasteiger partial charge in [0.25, 0.3) is 5.91 Å². The fourth-order valence-electron chi connectivity index (χ4n) is 2.87. The summed E-state index contributed by atoms with van der Waals surface area (Å²) in [5.41, 5.74) is 4.58. The zero-order chi connectivity index (χ0) is 20.2. The second-order valence-electron chi connectivity index (χ2n) is 6.34. The quantitative estimate of drug-likeness (QED) is 0.412. The van der Waals surface area contributed by atoms with E-state index in [1.54, 1.807) is 66.7 Å². The van der Waals surface area contributed by atoms with E-state index >= 15 is 0 Å². The molecule has 0 spiro atoms. The molecule has 142 valence electrons. The molecule has 29 heavy (non-hydrogen) atoms. The molecule has 4 rings (SSSR count). The number of hydrogen-bond donors (Lipinski definition) is 2. The second-order valence-corrected chi connectivity index (χ2v) is 6.34. The lowest BCUT2D eigenvalue weighted by molar-refractivity contribution is 0.0955. The summed E-state index contributed by atoms with van der Waals surface area (Å²) in [4.78, 5) is 24.5. The summed E-state index contributed by atoms with van der Waals surface area (Å²) in [5.74, 6) is 0.173. The fourth-order valence-corrected chi connectivity index (χ4v) is 2.87. The second kappa shape index (κ2) is 7.82. The van der Waals surface area contributed by atoms with Crippen LogP contribution in [0.5, 0.6) is 5.75 Å². The number of phenolic OH excluding ortho intramolecular Hbond substituents is 1. The maximum atomic E-state index is 12.2. The molecule has 0 radical (unpaired) electrons. The summed E-state index contributed by atoms with van der Waals surface area (Å²) in [6.07, 6.45) is 1.44. The summed E-state index contributed by atoms with van der Waals surface area (Å²) in [5, 5.41) is 13.8. The van der Waals surface area contributed by atoms with Crippen LogP contribution in [-0.2, 0) is 0 Å². The monoisotopic (exact) mass is 384 g/mol. The number of phenols is 1. The molecule has 2 N–H and O–H groups in total. The van der Waals surface area contributed by atoms with E-state index in [9.17, 15) is 14.7 Å². The smallest absolute Gasteiger partial charge is 0.271 e. The number of amides is 1. The summed E-state index contributed by atoms with van der Waals surface area (Å²) in [7, 11) is 0. The fraction of sp³-hybridized carbons (Fsp3) is 0. The Kier molecular flexibility index (Phi) is 4.90. The Morgan fingerprint density at radius 1 is 0.966 bits per heavy atom. The normalized spacial score (nSPS) is 11.0. The zero-order valence-electron chi connectivity index (χ0n) is 15.2. The molecule has 1 aromatic heterocycles. The summed E-state index contributed by atoms with van der Waals surface area (Å²) >= 11 is 0. The van der Waals surface area contributed by atoms with Crippen molar-refractivity contribution in [2.75, 3.05) is 0 Å². The van der Waals surface area contributed by atoms with Crippen LogP contribution in [-0.4, -0.2) is 17.2 Å². The van der Waals surface area contributed by atoms with Crippen molar-refractivity contribution >= 4 is 23.1 Å². The lowest BCUT2D eigenvalue weighted by atomic mass is 10.1. The lowest BCUT2D eigenvalue weighted by Gasteiger charge is -2.05. The van der Waals surface area contributed by atoms with Crippen molar-refractivity contribution in [1.29, 1.82) is 0 Å². The van der Waals surface area contributed by atoms with Crippen LogP contribution in [0.2, 0.25) is 0 Å². The number of para-hydroxylation sites is 1. The van der Waals surface area contributed by atoms with E-state index in [2.05, 4.69) is 10.5 Å². The van der Waals surface area contributed by atoms with Crippen LogP contribution < -0.4 is 10.9 Å². The van der Waals surface area contributed by atoms with Crippen LogP contribution in [0.4, 0.5) is 0 Å². The van der Waals surface area contributed by atoms with Gasteiger partial charge >= 0.3 is 0 Å². The molecule has 0 unspecified atom stereocenters. The Hall–Kier alpha value is -4.19. The molecule has 0 aliphatic heterocycles. The van der Waals surface area contributed by atoms with E-state index in [-0.39, 0.29) is 17.1 Å². The van der Waals surface area contributed by atoms with Crippen molar-refractivity contribution in [3.05, 3.63) is 100 Å². The van der Waals surface area contributed by atoms with Gasteiger partial charge in [0.05, 0.1) is 11.6 Å². The predicted molar refractivity (Wildman–Crippen MR) is 111 cm³/mol. The number of nitrogens with zero attached hydrogens (tertiary/aromatic N) is 1. The summed E-state index contributed by atoms with van der Waals surface area (Å²) in [6, 6.07) is 21.7. The number of rotatable bonds is 4. The van der Waals surface area contributed by atoms with Crippen molar-refractivity contribution in [1.82, 2.24) is 5.43 Å². The third-order valence-corrected chi connectivity index (χ3v) is 4.32. The van der Waals surface area contributed by atoms with Gasteiger partial charge in [-0.3, -0.25) is 9.59 Å². The van der Waals surface area contributed by atoms with Crippen LogP contribution in [0.25, 0.3) is 22.3 Å². The highest BCUT2D eigenvalue weighted by Gasteiger charge is 2.09. The van der Waals surface area contributed by atoms with Crippen LogP contribution in [0, 0.1) is 0 Å². The summed E-state index contributed by atoms with van der Waals surface area (Å²) in [6.45, 7) is 0. The molecule has 4 aromatic rings. The Morgan fingerprint density at radius 2 is 1.76 bits per heavy atom. The number of hydrazone groups is 1. The number of fused-ring (bicyclic) bond motifs is 1. The first kappa shape index (κ1) is 18.2. The molecule has 6 heteroatoms. The Morgan fingerprint density at radius 3 is 2.55 bits per heavy atom. The molecular weight excluding hydrogens is 368 g/mol. The number of nitrogens with one attached hydrogen (secondary N) is 1. The maximum Gasteiger partial charge on any atom is 0.271 e. The van der Waals surface area contributed by atoms with Gasteiger partial charge in [-0.05, 0) is 42.0 Å². The van der Waals surface area contributed by atoms with Crippen LogP contribution in [0.1, 0.15) is 15.9 Å². The van der Waals surface area contributed by atoms with E-state index in [0.717, 1.165) is 0 Å². The molecular formula is C23H16N2O4. The van der Waals surface area contributed by atoms with Gasteiger partial charge in [0.2, 0.25) is 0 Å².